The van der Waals surface area contributed by atoms with E-state index in [1.165, 1.54) is 23.1 Å². The Bertz CT molecular complexity index is 729. The van der Waals surface area contributed by atoms with E-state index in [1.807, 2.05) is 44.2 Å². The van der Waals surface area contributed by atoms with Crippen LogP contribution in [-0.2, 0) is 15.3 Å². The molecule has 0 aliphatic rings. The first kappa shape index (κ1) is 19.6. The molecule has 0 bridgehead atoms. The highest BCUT2D eigenvalue weighted by Crippen LogP contribution is 2.25. The zero-order valence-electron chi connectivity index (χ0n) is 13.9. The van der Waals surface area contributed by atoms with E-state index in [2.05, 4.69) is 10.9 Å². The molecule has 2 aromatic rings. The van der Waals surface area contributed by atoms with Crippen LogP contribution in [0.25, 0.3) is 0 Å². The van der Waals surface area contributed by atoms with Gasteiger partial charge in [0.25, 0.3) is 5.91 Å². The van der Waals surface area contributed by atoms with Crippen LogP contribution in [0, 0.1) is 13.8 Å². The normalized spacial score (nSPS) is 10.4. The van der Waals surface area contributed by atoms with E-state index >= 15 is 0 Å². The third-order valence-electron chi connectivity index (χ3n) is 3.20. The molecule has 2 N–H and O–H groups in total. The van der Waals surface area contributed by atoms with Gasteiger partial charge in [-0.1, -0.05) is 29.8 Å². The standard InChI is InChI=1S/C17H19ClN2O3S2/c1-11-4-3-5-12(2)17(11)23-8-15(21)19-20-16(22)10-24-9-13-6-7-14(18)25-13/h3-7H,8-10H2,1-2H3,(H,19,21)(H,20,22). The predicted octanol–water partition coefficient (Wildman–Crippen LogP) is 3.48. The summed E-state index contributed by atoms with van der Waals surface area (Å²) in [6.45, 7) is 3.67. The van der Waals surface area contributed by atoms with Crippen molar-refractivity contribution >= 4 is 46.5 Å². The molecule has 0 aliphatic carbocycles. The largest absolute Gasteiger partial charge is 0.483 e. The Balaban J connectivity index is 1.64. The van der Waals surface area contributed by atoms with Crippen LogP contribution in [0.15, 0.2) is 30.3 Å². The second-order valence-electron chi connectivity index (χ2n) is 5.30. The SMILES string of the molecule is Cc1cccc(C)c1OCC(=O)NNC(=O)CSCc1ccc(Cl)s1. The van der Waals surface area contributed by atoms with E-state index in [4.69, 9.17) is 16.3 Å². The van der Waals surface area contributed by atoms with Crippen molar-refractivity contribution in [2.24, 2.45) is 0 Å². The Kier molecular flexibility index (Phi) is 7.61. The van der Waals surface area contributed by atoms with E-state index in [1.54, 1.807) is 0 Å². The zero-order chi connectivity index (χ0) is 18.2. The third-order valence-corrected chi connectivity index (χ3v) is 5.60. The lowest BCUT2D eigenvalue weighted by Crippen LogP contribution is -2.44. The first-order chi connectivity index (χ1) is 12.0. The van der Waals surface area contributed by atoms with Gasteiger partial charge in [0.1, 0.15) is 5.75 Å². The summed E-state index contributed by atoms with van der Waals surface area (Å²) < 4.78 is 6.26. The molecule has 25 heavy (non-hydrogen) atoms. The number of hydrazine groups is 1. The minimum atomic E-state index is -0.411. The fourth-order valence-electron chi connectivity index (χ4n) is 2.05. The molecule has 1 aromatic heterocycles. The number of carbonyl (C=O) groups excluding carboxylic acids is 2. The van der Waals surface area contributed by atoms with Crippen LogP contribution < -0.4 is 15.6 Å². The summed E-state index contributed by atoms with van der Waals surface area (Å²) in [5.74, 6) is 0.954. The van der Waals surface area contributed by atoms with Crippen LogP contribution in [0.1, 0.15) is 16.0 Å². The molecule has 0 saturated heterocycles. The number of benzene rings is 1. The highest BCUT2D eigenvalue weighted by Gasteiger charge is 2.09. The van der Waals surface area contributed by atoms with E-state index in [-0.39, 0.29) is 18.3 Å². The molecule has 8 heteroatoms. The number of halogens is 1. The summed E-state index contributed by atoms with van der Waals surface area (Å²) >= 11 is 8.79. The fourth-order valence-corrected chi connectivity index (χ4v) is 4.08. The Labute approximate surface area is 160 Å². The number of thioether (sulfide) groups is 1. The number of rotatable bonds is 7. The van der Waals surface area contributed by atoms with Gasteiger partial charge in [0.15, 0.2) is 6.61 Å². The van der Waals surface area contributed by atoms with Crippen LogP contribution in [0.3, 0.4) is 0 Å². The summed E-state index contributed by atoms with van der Waals surface area (Å²) in [6, 6.07) is 9.53. The molecule has 5 nitrogen and oxygen atoms in total. The number of para-hydroxylation sites is 1. The molecule has 0 radical (unpaired) electrons. The van der Waals surface area contributed by atoms with E-state index in [0.29, 0.717) is 11.5 Å². The molecule has 134 valence electrons. The minimum absolute atomic E-state index is 0.160. The average molecular weight is 399 g/mol. The number of hydrogen-bond donors (Lipinski definition) is 2. The lowest BCUT2D eigenvalue weighted by atomic mass is 10.1. The van der Waals surface area contributed by atoms with Gasteiger partial charge in [-0.2, -0.15) is 0 Å². The first-order valence-electron chi connectivity index (χ1n) is 7.54. The highest BCUT2D eigenvalue weighted by molar-refractivity contribution is 7.99. The third kappa shape index (κ3) is 6.61. The number of aryl methyl sites for hydroxylation is 2. The molecule has 2 rings (SSSR count). The smallest absolute Gasteiger partial charge is 0.276 e. The van der Waals surface area contributed by atoms with Crippen LogP contribution in [0.4, 0.5) is 0 Å². The molecule has 0 atom stereocenters. The zero-order valence-corrected chi connectivity index (χ0v) is 16.3. The van der Waals surface area contributed by atoms with Gasteiger partial charge in [0.2, 0.25) is 5.91 Å². The van der Waals surface area contributed by atoms with Crippen molar-refractivity contribution < 1.29 is 14.3 Å². The first-order valence-corrected chi connectivity index (χ1v) is 9.89. The van der Waals surface area contributed by atoms with Crippen molar-refractivity contribution in [2.75, 3.05) is 12.4 Å². The molecular formula is C17H19ClN2O3S2. The van der Waals surface area contributed by atoms with Crippen molar-refractivity contribution in [3.05, 3.63) is 50.7 Å². The molecule has 0 spiro atoms. The highest BCUT2D eigenvalue weighted by atomic mass is 35.5. The maximum atomic E-state index is 11.8. The maximum absolute atomic E-state index is 11.8. The van der Waals surface area contributed by atoms with Gasteiger partial charge in [-0.25, -0.2) is 0 Å². The van der Waals surface area contributed by atoms with Crippen molar-refractivity contribution in [3.8, 4) is 5.75 Å². The summed E-state index contributed by atoms with van der Waals surface area (Å²) in [7, 11) is 0. The van der Waals surface area contributed by atoms with Crippen molar-refractivity contribution in [3.63, 3.8) is 0 Å². The van der Waals surface area contributed by atoms with E-state index in [9.17, 15) is 9.59 Å². The van der Waals surface area contributed by atoms with Crippen molar-refractivity contribution in [2.45, 2.75) is 19.6 Å². The lowest BCUT2D eigenvalue weighted by molar-refractivity contribution is -0.128. The molecule has 1 heterocycles. The van der Waals surface area contributed by atoms with Gasteiger partial charge in [0, 0.05) is 10.6 Å². The second kappa shape index (κ2) is 9.70. The Morgan fingerprint density at radius 1 is 1.12 bits per heavy atom. The quantitative estimate of drug-likeness (QED) is 0.701. The van der Waals surface area contributed by atoms with E-state index < -0.39 is 5.91 Å². The number of amides is 2. The number of ether oxygens (including phenoxy) is 1. The van der Waals surface area contributed by atoms with E-state index in [0.717, 1.165) is 20.3 Å². The molecule has 2 amide bonds. The van der Waals surface area contributed by atoms with Gasteiger partial charge < -0.3 is 4.74 Å². The number of hydrogen-bond acceptors (Lipinski definition) is 5. The molecule has 0 saturated carbocycles. The summed E-state index contributed by atoms with van der Waals surface area (Å²) in [4.78, 5) is 24.6. The molecule has 0 aliphatic heterocycles. The van der Waals surface area contributed by atoms with Gasteiger partial charge in [-0.15, -0.1) is 23.1 Å². The minimum Gasteiger partial charge on any atom is -0.483 e. The van der Waals surface area contributed by atoms with Crippen LogP contribution >= 0.6 is 34.7 Å². The Hall–Kier alpha value is -1.70. The van der Waals surface area contributed by atoms with Gasteiger partial charge >= 0.3 is 0 Å². The van der Waals surface area contributed by atoms with Crippen LogP contribution in [0.2, 0.25) is 4.34 Å². The van der Waals surface area contributed by atoms with Gasteiger partial charge in [-0.3, -0.25) is 20.4 Å². The van der Waals surface area contributed by atoms with Gasteiger partial charge in [-0.05, 0) is 37.1 Å². The topological polar surface area (TPSA) is 67.4 Å². The van der Waals surface area contributed by atoms with Crippen LogP contribution in [0.5, 0.6) is 5.75 Å². The Morgan fingerprint density at radius 2 is 1.80 bits per heavy atom. The molecule has 0 fully saturated rings. The summed E-state index contributed by atoms with van der Waals surface area (Å²) in [6.07, 6.45) is 0. The van der Waals surface area contributed by atoms with Crippen LogP contribution in [-0.4, -0.2) is 24.2 Å². The summed E-state index contributed by atoms with van der Waals surface area (Å²) in [5, 5.41) is 0. The number of thiophene rings is 1. The second-order valence-corrected chi connectivity index (χ2v) is 8.09. The number of carbonyl (C=O) groups is 2. The Morgan fingerprint density at radius 3 is 2.44 bits per heavy atom. The molecule has 0 unspecified atom stereocenters. The van der Waals surface area contributed by atoms with Gasteiger partial charge in [0.05, 0.1) is 10.1 Å². The predicted molar refractivity (Wildman–Crippen MR) is 103 cm³/mol. The lowest BCUT2D eigenvalue weighted by Gasteiger charge is -2.12. The number of nitrogens with one attached hydrogen (secondary N) is 2. The molecular weight excluding hydrogens is 380 g/mol. The monoisotopic (exact) mass is 398 g/mol. The fraction of sp³-hybridized carbons (Fsp3) is 0.294. The van der Waals surface area contributed by atoms with Crippen molar-refractivity contribution in [1.82, 2.24) is 10.9 Å². The average Bonchev–Trinajstić information content (AvgIpc) is 2.98. The maximum Gasteiger partial charge on any atom is 0.276 e. The summed E-state index contributed by atoms with van der Waals surface area (Å²) in [5.41, 5.74) is 6.65. The molecule has 1 aromatic carbocycles. The van der Waals surface area contributed by atoms with Crippen molar-refractivity contribution in [1.29, 1.82) is 0 Å².